The van der Waals surface area contributed by atoms with E-state index in [1.165, 1.54) is 33.8 Å². The Morgan fingerprint density at radius 1 is 0.886 bits per heavy atom. The molecule has 35 heavy (non-hydrogen) atoms. The monoisotopic (exact) mass is 480 g/mol. The smallest absolute Gasteiger partial charge is 0.227 e. The van der Waals surface area contributed by atoms with Crippen LogP contribution in [-0.2, 0) is 0 Å². The number of nitrogens with zero attached hydrogens (tertiary/aromatic N) is 2. The number of Topliss-reactive ketones (excluding diaryl/α,β-unsaturated/α-hetero) is 1. The second kappa shape index (κ2) is 15.1. The van der Waals surface area contributed by atoms with Gasteiger partial charge >= 0.3 is 0 Å². The summed E-state index contributed by atoms with van der Waals surface area (Å²) in [6.07, 6.45) is 3.41. The van der Waals surface area contributed by atoms with E-state index in [1.54, 1.807) is 24.5 Å². The maximum absolute atomic E-state index is 11.2. The minimum atomic E-state index is -0.0470. The third-order valence-electron chi connectivity index (χ3n) is 4.53. The van der Waals surface area contributed by atoms with Gasteiger partial charge < -0.3 is 18.6 Å². The summed E-state index contributed by atoms with van der Waals surface area (Å²) in [6, 6.07) is 13.2. The summed E-state index contributed by atoms with van der Waals surface area (Å²) in [4.78, 5) is 19.6. The molecule has 4 rings (SSSR count). The van der Waals surface area contributed by atoms with Gasteiger partial charge in [-0.05, 0) is 38.1 Å². The lowest BCUT2D eigenvalue weighted by Crippen LogP contribution is -1.99. The number of pyridine rings is 1. The number of aromatic nitrogens is 2. The summed E-state index contributed by atoms with van der Waals surface area (Å²) < 4.78 is 21.0. The van der Waals surface area contributed by atoms with Crippen molar-refractivity contribution in [2.45, 2.75) is 41.5 Å². The minimum absolute atomic E-state index is 0.0470. The molecule has 0 spiro atoms. The third kappa shape index (κ3) is 7.84. The average molecular weight is 481 g/mol. The molecule has 7 heteroatoms. The van der Waals surface area contributed by atoms with Gasteiger partial charge in [0.2, 0.25) is 11.6 Å². The first kappa shape index (κ1) is 29.2. The van der Waals surface area contributed by atoms with Crippen molar-refractivity contribution in [1.82, 2.24) is 9.97 Å². The molecule has 0 fully saturated rings. The first-order valence-corrected chi connectivity index (χ1v) is 11.5. The lowest BCUT2D eigenvalue weighted by atomic mass is 10.1. The van der Waals surface area contributed by atoms with Crippen molar-refractivity contribution in [1.29, 1.82) is 0 Å². The van der Waals surface area contributed by atoms with Gasteiger partial charge in [-0.3, -0.25) is 9.78 Å². The van der Waals surface area contributed by atoms with Crippen LogP contribution in [0.4, 0.5) is 0 Å². The number of ether oxygens (including phenoxy) is 3. The van der Waals surface area contributed by atoms with E-state index < -0.39 is 0 Å². The van der Waals surface area contributed by atoms with Crippen LogP contribution < -0.4 is 14.2 Å². The van der Waals surface area contributed by atoms with Gasteiger partial charge in [-0.25, -0.2) is 4.98 Å². The lowest BCUT2D eigenvalue weighted by molar-refractivity contribution is 0.101. The molecule has 2 heterocycles. The summed E-state index contributed by atoms with van der Waals surface area (Å²) in [5.41, 5.74) is 4.28. The van der Waals surface area contributed by atoms with E-state index >= 15 is 0 Å². The first-order valence-electron chi connectivity index (χ1n) is 11.5. The molecule has 0 bridgehead atoms. The summed E-state index contributed by atoms with van der Waals surface area (Å²) in [5.74, 6) is 2.06. The quantitative estimate of drug-likeness (QED) is 0.280. The Hall–Kier alpha value is -3.87. The average Bonchev–Trinajstić information content (AvgIpc) is 3.35. The second-order valence-electron chi connectivity index (χ2n) is 6.70. The molecule has 188 valence electrons. The van der Waals surface area contributed by atoms with Gasteiger partial charge in [0.15, 0.2) is 22.9 Å². The van der Waals surface area contributed by atoms with Crippen LogP contribution in [0.25, 0.3) is 22.6 Å². The number of carbonyl (C=O) groups is 1. The molecule has 0 atom stereocenters. The second-order valence-corrected chi connectivity index (χ2v) is 6.70. The SMILES string of the molecule is CC.CC.COc1cc(C(C)=O)cc(OC)c1OC.Cc1cccc(-c2nc3cnccc3o2)c1. The van der Waals surface area contributed by atoms with Crippen LogP contribution in [0.15, 0.2) is 59.3 Å². The number of hydrogen-bond acceptors (Lipinski definition) is 7. The zero-order chi connectivity index (χ0) is 26.4. The van der Waals surface area contributed by atoms with Gasteiger partial charge in [0, 0.05) is 23.4 Å². The van der Waals surface area contributed by atoms with E-state index in [4.69, 9.17) is 18.6 Å². The molecule has 0 amide bonds. The summed E-state index contributed by atoms with van der Waals surface area (Å²) in [7, 11) is 4.55. The topological polar surface area (TPSA) is 83.7 Å². The number of hydrogen-bond donors (Lipinski definition) is 0. The molecule has 0 saturated carbocycles. The Morgan fingerprint density at radius 3 is 2.00 bits per heavy atom. The van der Waals surface area contributed by atoms with Crippen LogP contribution in [-0.4, -0.2) is 37.1 Å². The predicted octanol–water partition coefficient (Wildman–Crippen LogP) is 7.17. The highest BCUT2D eigenvalue weighted by Gasteiger charge is 2.14. The van der Waals surface area contributed by atoms with Crippen molar-refractivity contribution in [2.24, 2.45) is 0 Å². The number of ketones is 1. The number of fused-ring (bicyclic) bond motifs is 1. The number of benzene rings is 2. The number of aryl methyl sites for hydroxylation is 1. The Kier molecular flexibility index (Phi) is 12.6. The Morgan fingerprint density at radius 2 is 1.51 bits per heavy atom. The van der Waals surface area contributed by atoms with E-state index in [2.05, 4.69) is 16.0 Å². The van der Waals surface area contributed by atoms with Crippen LogP contribution in [0.3, 0.4) is 0 Å². The van der Waals surface area contributed by atoms with Crippen LogP contribution in [0.5, 0.6) is 17.2 Å². The van der Waals surface area contributed by atoms with Gasteiger partial charge in [-0.15, -0.1) is 0 Å². The number of methoxy groups -OCH3 is 3. The number of oxazole rings is 1. The maximum Gasteiger partial charge on any atom is 0.227 e. The molecule has 0 aliphatic rings. The molecule has 0 aliphatic carbocycles. The van der Waals surface area contributed by atoms with Crippen molar-refractivity contribution in [3.8, 4) is 28.7 Å². The van der Waals surface area contributed by atoms with Crippen molar-refractivity contribution < 1.29 is 23.4 Å². The number of carbonyl (C=O) groups excluding carboxylic acids is 1. The zero-order valence-corrected chi connectivity index (χ0v) is 22.1. The van der Waals surface area contributed by atoms with Gasteiger partial charge in [-0.1, -0.05) is 45.4 Å². The largest absolute Gasteiger partial charge is 0.493 e. The van der Waals surface area contributed by atoms with E-state index in [1.807, 2.05) is 58.9 Å². The molecule has 4 aromatic rings. The Labute approximate surface area is 208 Å². The first-order chi connectivity index (χ1) is 17.0. The Bertz CT molecular complexity index is 1140. The summed E-state index contributed by atoms with van der Waals surface area (Å²) in [6.45, 7) is 11.5. The highest BCUT2D eigenvalue weighted by molar-refractivity contribution is 5.95. The Balaban J connectivity index is 0.000000308. The third-order valence-corrected chi connectivity index (χ3v) is 4.53. The predicted molar refractivity (Wildman–Crippen MR) is 141 cm³/mol. The van der Waals surface area contributed by atoms with Crippen molar-refractivity contribution >= 4 is 16.9 Å². The summed E-state index contributed by atoms with van der Waals surface area (Å²) in [5, 5.41) is 0. The van der Waals surface area contributed by atoms with E-state index in [0.29, 0.717) is 28.7 Å². The molecule has 0 N–H and O–H groups in total. The molecule has 0 aliphatic heterocycles. The fraction of sp³-hybridized carbons (Fsp3) is 0.321. The molecule has 0 unspecified atom stereocenters. The van der Waals surface area contributed by atoms with E-state index in [0.717, 1.165) is 16.7 Å². The lowest BCUT2D eigenvalue weighted by Gasteiger charge is -2.12. The van der Waals surface area contributed by atoms with Crippen LogP contribution in [0.2, 0.25) is 0 Å². The summed E-state index contributed by atoms with van der Waals surface area (Å²) >= 11 is 0. The van der Waals surface area contributed by atoms with Crippen molar-refractivity contribution in [3.05, 3.63) is 66.0 Å². The molecule has 0 radical (unpaired) electrons. The highest BCUT2D eigenvalue weighted by Crippen LogP contribution is 2.38. The van der Waals surface area contributed by atoms with Crippen LogP contribution >= 0.6 is 0 Å². The molecule has 7 nitrogen and oxygen atoms in total. The van der Waals surface area contributed by atoms with Crippen molar-refractivity contribution in [3.63, 3.8) is 0 Å². The fourth-order valence-electron chi connectivity index (χ4n) is 2.97. The molecule has 2 aromatic heterocycles. The molecular weight excluding hydrogens is 444 g/mol. The fourth-order valence-corrected chi connectivity index (χ4v) is 2.97. The van der Waals surface area contributed by atoms with Crippen LogP contribution in [0, 0.1) is 6.92 Å². The number of rotatable bonds is 5. The standard InChI is InChI=1S/C13H10N2O.C11H14O4.2C2H6/c1-9-3-2-4-10(7-9)13-15-11-8-14-6-5-12(11)16-13;1-7(12)8-5-9(13-2)11(15-4)10(6-8)14-3;2*1-2/h2-8H,1H3;5-6H,1-4H3;2*1-2H3. The molecule has 2 aromatic carbocycles. The normalized spacial score (nSPS) is 9.40. The highest BCUT2D eigenvalue weighted by atomic mass is 16.5. The van der Waals surface area contributed by atoms with Gasteiger partial charge in [0.1, 0.15) is 5.52 Å². The van der Waals surface area contributed by atoms with Gasteiger partial charge in [0.05, 0.1) is 27.5 Å². The van der Waals surface area contributed by atoms with Crippen LogP contribution in [0.1, 0.15) is 50.5 Å². The van der Waals surface area contributed by atoms with Crippen molar-refractivity contribution in [2.75, 3.05) is 21.3 Å². The minimum Gasteiger partial charge on any atom is -0.493 e. The molecule has 0 saturated heterocycles. The maximum atomic E-state index is 11.2. The van der Waals surface area contributed by atoms with E-state index in [9.17, 15) is 4.79 Å². The van der Waals surface area contributed by atoms with E-state index in [-0.39, 0.29) is 5.78 Å². The zero-order valence-electron chi connectivity index (χ0n) is 22.1. The van der Waals surface area contributed by atoms with Gasteiger partial charge in [0.25, 0.3) is 0 Å². The van der Waals surface area contributed by atoms with Gasteiger partial charge in [-0.2, -0.15) is 0 Å². The molecular formula is C28H36N2O5.